The molecule has 4 nitrogen and oxygen atoms in total. The van der Waals surface area contributed by atoms with Crippen molar-refractivity contribution in [2.24, 2.45) is 5.73 Å². The quantitative estimate of drug-likeness (QED) is 0.680. The summed E-state index contributed by atoms with van der Waals surface area (Å²) >= 11 is 0. The Bertz CT molecular complexity index is 230. The second-order valence-electron chi connectivity index (χ2n) is 4.88. The Balaban J connectivity index is 1.67. The highest BCUT2D eigenvalue weighted by atomic mass is 16.2. The number of piperidine rings is 1. The molecule has 1 heterocycles. The molecule has 0 aromatic rings. The molecule has 0 bridgehead atoms. The summed E-state index contributed by atoms with van der Waals surface area (Å²) in [6.07, 6.45) is 4.41. The van der Waals surface area contributed by atoms with Crippen LogP contribution < -0.4 is 11.1 Å². The van der Waals surface area contributed by atoms with Gasteiger partial charge in [-0.1, -0.05) is 0 Å². The van der Waals surface area contributed by atoms with Crippen molar-refractivity contribution in [1.82, 2.24) is 10.2 Å². The number of hydrogen-bond donors (Lipinski definition) is 2. The first-order valence-electron chi connectivity index (χ1n) is 5.92. The minimum absolute atomic E-state index is 0.208. The zero-order valence-corrected chi connectivity index (χ0v) is 9.41. The number of carbonyl (C=O) groups excluding carboxylic acids is 1. The van der Waals surface area contributed by atoms with E-state index in [1.54, 1.807) is 6.92 Å². The smallest absolute Gasteiger partial charge is 0.219 e. The van der Waals surface area contributed by atoms with Gasteiger partial charge in [0.25, 0.3) is 0 Å². The molecule has 0 unspecified atom stereocenters. The molecule has 2 rings (SSSR count). The number of nitrogens with two attached hydrogens (primary N) is 1. The van der Waals surface area contributed by atoms with Gasteiger partial charge in [-0.3, -0.25) is 4.79 Å². The lowest BCUT2D eigenvalue weighted by atomic mass is 9.86. The third kappa shape index (κ3) is 2.69. The van der Waals surface area contributed by atoms with Crippen LogP contribution in [0, 0.1) is 0 Å². The predicted octanol–water partition coefficient (Wildman–Crippen LogP) is 0.0766. The van der Waals surface area contributed by atoms with Gasteiger partial charge in [0.05, 0.1) is 0 Å². The fourth-order valence-corrected chi connectivity index (χ4v) is 2.49. The minimum Gasteiger partial charge on any atom is -0.343 e. The Labute approximate surface area is 91.2 Å². The molecular weight excluding hydrogens is 190 g/mol. The normalized spacial score (nSPS) is 32.5. The van der Waals surface area contributed by atoms with Crippen LogP contribution in [-0.4, -0.2) is 42.0 Å². The second kappa shape index (κ2) is 4.49. The van der Waals surface area contributed by atoms with E-state index in [0.717, 1.165) is 38.8 Å². The van der Waals surface area contributed by atoms with Gasteiger partial charge < -0.3 is 16.0 Å². The Morgan fingerprint density at radius 2 is 1.87 bits per heavy atom. The van der Waals surface area contributed by atoms with Crippen LogP contribution in [0.3, 0.4) is 0 Å². The molecular formula is C11H21N3O. The van der Waals surface area contributed by atoms with Crippen molar-refractivity contribution < 1.29 is 4.79 Å². The molecule has 1 saturated carbocycles. The summed E-state index contributed by atoms with van der Waals surface area (Å²) in [5, 5.41) is 3.63. The van der Waals surface area contributed by atoms with E-state index < -0.39 is 0 Å². The third-order valence-corrected chi connectivity index (χ3v) is 3.59. The van der Waals surface area contributed by atoms with Gasteiger partial charge in [0.2, 0.25) is 5.91 Å². The van der Waals surface area contributed by atoms with Gasteiger partial charge in [-0.15, -0.1) is 0 Å². The number of carbonyl (C=O) groups is 1. The van der Waals surface area contributed by atoms with Gasteiger partial charge in [0.15, 0.2) is 0 Å². The van der Waals surface area contributed by atoms with Crippen LogP contribution in [0.25, 0.3) is 0 Å². The Morgan fingerprint density at radius 1 is 1.27 bits per heavy atom. The summed E-state index contributed by atoms with van der Waals surface area (Å²) in [4.78, 5) is 13.1. The second-order valence-corrected chi connectivity index (χ2v) is 4.88. The highest BCUT2D eigenvalue weighted by Crippen LogP contribution is 2.20. The summed E-state index contributed by atoms with van der Waals surface area (Å²) < 4.78 is 0. The van der Waals surface area contributed by atoms with Gasteiger partial charge in [0.1, 0.15) is 0 Å². The summed E-state index contributed by atoms with van der Waals surface area (Å²) in [5.74, 6) is 0.208. The Hall–Kier alpha value is -0.610. The average Bonchev–Trinajstić information content (AvgIpc) is 2.16. The highest BCUT2D eigenvalue weighted by molar-refractivity contribution is 5.73. The number of rotatable bonds is 2. The van der Waals surface area contributed by atoms with Crippen LogP contribution in [0.4, 0.5) is 0 Å². The first-order valence-corrected chi connectivity index (χ1v) is 5.92. The fraction of sp³-hybridized carbons (Fsp3) is 0.909. The van der Waals surface area contributed by atoms with Crippen molar-refractivity contribution >= 4 is 5.91 Å². The maximum atomic E-state index is 11.1. The van der Waals surface area contributed by atoms with Crippen molar-refractivity contribution in [1.29, 1.82) is 0 Å². The summed E-state index contributed by atoms with van der Waals surface area (Å²) in [5.41, 5.74) is 5.74. The zero-order valence-electron chi connectivity index (χ0n) is 9.41. The maximum absolute atomic E-state index is 11.1. The van der Waals surface area contributed by atoms with E-state index in [4.69, 9.17) is 5.73 Å². The topological polar surface area (TPSA) is 58.4 Å². The van der Waals surface area contributed by atoms with Crippen LogP contribution in [0.2, 0.25) is 0 Å². The Kier molecular flexibility index (Phi) is 3.26. The Morgan fingerprint density at radius 3 is 2.33 bits per heavy atom. The predicted molar refractivity (Wildman–Crippen MR) is 59.4 cm³/mol. The van der Waals surface area contributed by atoms with E-state index in [0.29, 0.717) is 18.1 Å². The molecule has 0 aromatic carbocycles. The molecule has 1 aliphatic carbocycles. The molecule has 0 aromatic heterocycles. The molecule has 1 saturated heterocycles. The largest absolute Gasteiger partial charge is 0.343 e. The molecule has 0 atom stereocenters. The number of likely N-dealkylation sites (tertiary alicyclic amines) is 1. The van der Waals surface area contributed by atoms with Crippen LogP contribution in [0.15, 0.2) is 0 Å². The molecule has 0 spiro atoms. The number of amides is 1. The summed E-state index contributed by atoms with van der Waals surface area (Å²) in [7, 11) is 0. The van der Waals surface area contributed by atoms with Gasteiger partial charge >= 0.3 is 0 Å². The first kappa shape index (κ1) is 10.9. The highest BCUT2D eigenvalue weighted by Gasteiger charge is 2.29. The zero-order chi connectivity index (χ0) is 10.8. The van der Waals surface area contributed by atoms with E-state index in [9.17, 15) is 4.79 Å². The van der Waals surface area contributed by atoms with Crippen molar-refractivity contribution in [3.8, 4) is 0 Å². The molecule has 86 valence electrons. The fourth-order valence-electron chi connectivity index (χ4n) is 2.49. The van der Waals surface area contributed by atoms with E-state index >= 15 is 0 Å². The van der Waals surface area contributed by atoms with Crippen molar-refractivity contribution in [3.05, 3.63) is 0 Å². The maximum Gasteiger partial charge on any atom is 0.219 e. The number of nitrogens with one attached hydrogen (secondary N) is 1. The molecule has 15 heavy (non-hydrogen) atoms. The molecule has 3 N–H and O–H groups in total. The standard InChI is InChI=1S/C11H21N3O/c1-8(15)14-4-2-10(3-5-14)13-11-6-9(12)7-11/h9-11,13H,2-7,12H2,1H3. The molecule has 1 aliphatic heterocycles. The average molecular weight is 211 g/mol. The van der Waals surface area contributed by atoms with Crippen molar-refractivity contribution in [2.75, 3.05) is 13.1 Å². The van der Waals surface area contributed by atoms with Crippen LogP contribution >= 0.6 is 0 Å². The summed E-state index contributed by atoms with van der Waals surface area (Å²) in [6.45, 7) is 3.47. The van der Waals surface area contributed by atoms with Gasteiger partial charge in [-0.2, -0.15) is 0 Å². The minimum atomic E-state index is 0.208. The van der Waals surface area contributed by atoms with Crippen molar-refractivity contribution in [3.63, 3.8) is 0 Å². The monoisotopic (exact) mass is 211 g/mol. The van der Waals surface area contributed by atoms with Crippen LogP contribution in [-0.2, 0) is 4.79 Å². The van der Waals surface area contributed by atoms with Crippen LogP contribution in [0.1, 0.15) is 32.6 Å². The van der Waals surface area contributed by atoms with E-state index in [2.05, 4.69) is 5.32 Å². The SMILES string of the molecule is CC(=O)N1CCC(NC2CC(N)C2)CC1. The van der Waals surface area contributed by atoms with Crippen molar-refractivity contribution in [2.45, 2.75) is 50.7 Å². The van der Waals surface area contributed by atoms with Crippen LogP contribution in [0.5, 0.6) is 0 Å². The van der Waals surface area contributed by atoms with E-state index in [1.165, 1.54) is 0 Å². The van der Waals surface area contributed by atoms with E-state index in [1.807, 2.05) is 4.90 Å². The lowest BCUT2D eigenvalue weighted by Gasteiger charge is -2.39. The number of nitrogens with zero attached hydrogens (tertiary/aromatic N) is 1. The molecule has 0 radical (unpaired) electrons. The number of hydrogen-bond acceptors (Lipinski definition) is 3. The molecule has 1 amide bonds. The van der Waals surface area contributed by atoms with Gasteiger partial charge in [-0.05, 0) is 25.7 Å². The third-order valence-electron chi connectivity index (χ3n) is 3.59. The first-order chi connectivity index (χ1) is 7.15. The van der Waals surface area contributed by atoms with Gasteiger partial charge in [0, 0.05) is 38.1 Å². The molecule has 2 aliphatic rings. The lowest BCUT2D eigenvalue weighted by molar-refractivity contribution is -0.129. The lowest BCUT2D eigenvalue weighted by Crippen LogP contribution is -2.54. The summed E-state index contributed by atoms with van der Waals surface area (Å²) in [6, 6.07) is 1.65. The molecule has 4 heteroatoms. The van der Waals surface area contributed by atoms with E-state index in [-0.39, 0.29) is 5.91 Å². The molecule has 2 fully saturated rings. The van der Waals surface area contributed by atoms with Gasteiger partial charge in [-0.25, -0.2) is 0 Å².